The molecule has 2 aromatic heterocycles. The van der Waals surface area contributed by atoms with Crippen LogP contribution in [0.3, 0.4) is 0 Å². The van der Waals surface area contributed by atoms with Crippen LogP contribution in [0.25, 0.3) is 76.2 Å². The molecule has 0 saturated heterocycles. The molecule has 70 heavy (non-hydrogen) atoms. The number of anilines is 6. The first kappa shape index (κ1) is 43.3. The molecular weight excluding hydrogens is 895 g/mol. The highest BCUT2D eigenvalue weighted by molar-refractivity contribution is 6.30. The van der Waals surface area contributed by atoms with Gasteiger partial charge in [0.2, 0.25) is 0 Å². The summed E-state index contributed by atoms with van der Waals surface area (Å²) in [6.07, 6.45) is -9.09. The van der Waals surface area contributed by atoms with Crippen LogP contribution in [0.4, 0.5) is 60.5 Å². The third-order valence-electron chi connectivity index (χ3n) is 13.8. The van der Waals surface area contributed by atoms with E-state index in [4.69, 9.17) is 8.83 Å². The number of halogens is 6. The van der Waals surface area contributed by atoms with Crippen LogP contribution in [0.5, 0.6) is 0 Å². The summed E-state index contributed by atoms with van der Waals surface area (Å²) < 4.78 is 98.3. The molecular formula is C60H42F6N2O2. The van der Waals surface area contributed by atoms with Crippen molar-refractivity contribution in [1.29, 1.82) is 0 Å². The number of nitrogens with zero attached hydrogens (tertiary/aromatic N) is 2. The Morgan fingerprint density at radius 3 is 1.09 bits per heavy atom. The quantitative estimate of drug-likeness (QED) is 0.112. The smallest absolute Gasteiger partial charge is 0.416 e. The summed E-state index contributed by atoms with van der Waals surface area (Å²) >= 11 is 0. The number of hydrogen-bond donors (Lipinski definition) is 0. The standard InChI is InChI=1S/C60H42F6N2O2/c1-33(2)47-31-51(67(37-23-19-35(20-24-37)59(61,62)63)49-15-9-13-43-39-11-5-7-17-53(39)69-57(43)49)45-30-28-42-48(34(3)4)32-52(46-29-27-41(47)55(45)56(42)46)68(38-25-21-36(22-26-38)60(64,65)66)50-16-10-14-44-40-12-6-8-18-54(40)70-58(44)50/h5-34H,1-4H3. The van der Waals surface area contributed by atoms with E-state index in [0.717, 1.165) is 101 Å². The molecule has 0 spiro atoms. The minimum Gasteiger partial charge on any atom is -0.454 e. The summed E-state index contributed by atoms with van der Waals surface area (Å²) in [5.74, 6) is -0.00345. The van der Waals surface area contributed by atoms with Crippen LogP contribution in [0, 0.1) is 0 Å². The van der Waals surface area contributed by atoms with Crippen molar-refractivity contribution in [2.45, 2.75) is 51.9 Å². The molecule has 4 nitrogen and oxygen atoms in total. The number of fused-ring (bicyclic) bond motifs is 6. The molecule has 346 valence electrons. The summed E-state index contributed by atoms with van der Waals surface area (Å²) in [5.41, 5.74) is 6.81. The van der Waals surface area contributed by atoms with Crippen molar-refractivity contribution < 1.29 is 35.2 Å². The van der Waals surface area contributed by atoms with Crippen molar-refractivity contribution in [1.82, 2.24) is 0 Å². The number of benzene rings is 10. The van der Waals surface area contributed by atoms with Crippen LogP contribution in [0.1, 0.15) is 61.8 Å². The van der Waals surface area contributed by atoms with Crippen LogP contribution in [0.15, 0.2) is 179 Å². The van der Waals surface area contributed by atoms with Gasteiger partial charge in [-0.15, -0.1) is 0 Å². The van der Waals surface area contributed by atoms with Crippen molar-refractivity contribution in [3.8, 4) is 0 Å². The Labute approximate surface area is 397 Å². The van der Waals surface area contributed by atoms with Gasteiger partial charge in [-0.1, -0.05) is 113 Å². The fourth-order valence-corrected chi connectivity index (χ4v) is 10.6. The molecule has 10 aromatic carbocycles. The minimum atomic E-state index is -4.55. The van der Waals surface area contributed by atoms with Crippen LogP contribution in [-0.4, -0.2) is 0 Å². The van der Waals surface area contributed by atoms with Gasteiger partial charge in [-0.05, 0) is 129 Å². The van der Waals surface area contributed by atoms with E-state index in [-0.39, 0.29) is 11.8 Å². The van der Waals surface area contributed by atoms with Gasteiger partial charge in [-0.3, -0.25) is 0 Å². The zero-order valence-electron chi connectivity index (χ0n) is 38.3. The highest BCUT2D eigenvalue weighted by atomic mass is 19.4. The Balaban J connectivity index is 1.20. The summed E-state index contributed by atoms with van der Waals surface area (Å²) in [4.78, 5) is 4.01. The van der Waals surface area contributed by atoms with Crippen molar-refractivity contribution in [3.05, 3.63) is 192 Å². The molecule has 0 amide bonds. The molecule has 0 atom stereocenters. The number of para-hydroxylation sites is 4. The van der Waals surface area contributed by atoms with E-state index in [1.54, 1.807) is 0 Å². The van der Waals surface area contributed by atoms with Gasteiger partial charge in [-0.25, -0.2) is 0 Å². The van der Waals surface area contributed by atoms with Crippen molar-refractivity contribution in [3.63, 3.8) is 0 Å². The first-order valence-electron chi connectivity index (χ1n) is 23.2. The van der Waals surface area contributed by atoms with Gasteiger partial charge in [0.25, 0.3) is 0 Å². The van der Waals surface area contributed by atoms with Crippen LogP contribution < -0.4 is 9.80 Å². The highest BCUT2D eigenvalue weighted by Gasteiger charge is 2.33. The predicted octanol–water partition coefficient (Wildman–Crippen LogP) is 19.6. The molecule has 12 aromatic rings. The third-order valence-corrected chi connectivity index (χ3v) is 13.8. The van der Waals surface area contributed by atoms with E-state index >= 15 is 0 Å². The van der Waals surface area contributed by atoms with Crippen LogP contribution in [0.2, 0.25) is 0 Å². The average molecular weight is 937 g/mol. The Morgan fingerprint density at radius 2 is 0.714 bits per heavy atom. The van der Waals surface area contributed by atoms with Crippen molar-refractivity contribution in [2.24, 2.45) is 0 Å². The molecule has 10 heteroatoms. The molecule has 12 rings (SSSR count). The predicted molar refractivity (Wildman–Crippen MR) is 272 cm³/mol. The van der Waals surface area contributed by atoms with E-state index in [1.807, 2.05) is 94.7 Å². The normalized spacial score (nSPS) is 12.7. The molecule has 0 aliphatic rings. The molecule has 0 fully saturated rings. The fraction of sp³-hybridized carbons (Fsp3) is 0.133. The molecule has 0 unspecified atom stereocenters. The monoisotopic (exact) mass is 936 g/mol. The minimum absolute atomic E-state index is 0.00172. The van der Waals surface area contributed by atoms with Gasteiger partial charge >= 0.3 is 12.4 Å². The van der Waals surface area contributed by atoms with Gasteiger partial charge < -0.3 is 18.6 Å². The van der Waals surface area contributed by atoms with Gasteiger partial charge in [0.05, 0.1) is 33.9 Å². The Kier molecular flexibility index (Phi) is 9.76. The van der Waals surface area contributed by atoms with E-state index in [9.17, 15) is 26.3 Å². The van der Waals surface area contributed by atoms with Crippen LogP contribution in [-0.2, 0) is 12.4 Å². The number of furan rings is 2. The SMILES string of the molecule is CC(C)c1cc(N(c2ccc(C(F)(F)F)cc2)c2cccc3c2oc2ccccc23)c2ccc3c(C(C)C)cc(N(c4ccc(C(F)(F)F)cc4)c4cccc5c4oc4ccccc45)c4ccc1c2c34. The summed E-state index contributed by atoms with van der Waals surface area (Å²) in [6, 6.07) is 50.4. The zero-order valence-corrected chi connectivity index (χ0v) is 38.3. The average Bonchev–Trinajstić information content (AvgIpc) is 3.93. The van der Waals surface area contributed by atoms with Gasteiger partial charge in [0.15, 0.2) is 11.2 Å². The summed E-state index contributed by atoms with van der Waals surface area (Å²) in [6.45, 7) is 8.51. The highest BCUT2D eigenvalue weighted by Crippen LogP contribution is 2.53. The molecule has 0 aliphatic carbocycles. The van der Waals surface area contributed by atoms with Crippen molar-refractivity contribution in [2.75, 3.05) is 9.80 Å². The maximum atomic E-state index is 14.2. The van der Waals surface area contributed by atoms with Gasteiger partial charge in [0, 0.05) is 43.7 Å². The lowest BCUT2D eigenvalue weighted by Gasteiger charge is -2.31. The second-order valence-corrected chi connectivity index (χ2v) is 18.6. The lowest BCUT2D eigenvalue weighted by atomic mass is 9.84. The van der Waals surface area contributed by atoms with Crippen LogP contribution >= 0.6 is 0 Å². The molecule has 2 heterocycles. The number of alkyl halides is 6. The molecule has 0 bridgehead atoms. The van der Waals surface area contributed by atoms with Gasteiger partial charge in [-0.2, -0.15) is 26.3 Å². The van der Waals surface area contributed by atoms with E-state index in [0.29, 0.717) is 45.1 Å². The second kappa shape index (κ2) is 15.8. The lowest BCUT2D eigenvalue weighted by molar-refractivity contribution is -0.138. The first-order chi connectivity index (χ1) is 33.7. The Hall–Kier alpha value is -7.98. The molecule has 0 radical (unpaired) electrons. The summed E-state index contributed by atoms with van der Waals surface area (Å²) in [5, 5.41) is 9.15. The number of hydrogen-bond acceptors (Lipinski definition) is 4. The van der Waals surface area contributed by atoms with Gasteiger partial charge in [0.1, 0.15) is 11.2 Å². The van der Waals surface area contributed by atoms with E-state index < -0.39 is 23.5 Å². The van der Waals surface area contributed by atoms with Crippen molar-refractivity contribution >= 4 is 110 Å². The number of rotatable bonds is 8. The largest absolute Gasteiger partial charge is 0.454 e. The lowest BCUT2D eigenvalue weighted by Crippen LogP contribution is -2.14. The maximum absolute atomic E-state index is 14.2. The second-order valence-electron chi connectivity index (χ2n) is 18.6. The van der Waals surface area contributed by atoms with E-state index in [2.05, 4.69) is 64.1 Å². The zero-order chi connectivity index (χ0) is 48.4. The summed E-state index contributed by atoms with van der Waals surface area (Å²) in [7, 11) is 0. The van der Waals surface area contributed by atoms with E-state index in [1.165, 1.54) is 24.3 Å². The fourth-order valence-electron chi connectivity index (χ4n) is 10.6. The first-order valence-corrected chi connectivity index (χ1v) is 23.2. The Morgan fingerprint density at radius 1 is 0.357 bits per heavy atom. The molecule has 0 aliphatic heterocycles. The topological polar surface area (TPSA) is 32.8 Å². The molecule has 0 saturated carbocycles. The Bertz CT molecular complexity index is 3730. The maximum Gasteiger partial charge on any atom is 0.416 e. The third kappa shape index (κ3) is 6.75. The molecule has 0 N–H and O–H groups in total.